The molecule has 0 saturated heterocycles. The van der Waals surface area contributed by atoms with Crippen molar-refractivity contribution in [2.45, 2.75) is 0 Å². The first-order valence-electron chi connectivity index (χ1n) is 7.61. The number of rotatable bonds is 7. The van der Waals surface area contributed by atoms with Crippen molar-refractivity contribution in [3.8, 4) is 0 Å². The molecule has 6 nitrogen and oxygen atoms in total. The summed E-state index contributed by atoms with van der Waals surface area (Å²) >= 11 is 0. The molecule has 6 heteroatoms. The summed E-state index contributed by atoms with van der Waals surface area (Å²) in [5, 5.41) is 8.37. The van der Waals surface area contributed by atoms with Crippen LogP contribution in [0.2, 0.25) is 0 Å². The van der Waals surface area contributed by atoms with E-state index in [9.17, 15) is 9.59 Å². The van der Waals surface area contributed by atoms with E-state index in [4.69, 9.17) is 0 Å². The van der Waals surface area contributed by atoms with Gasteiger partial charge in [0.25, 0.3) is 11.8 Å². The molecule has 0 radical (unpaired) electrons. The van der Waals surface area contributed by atoms with Gasteiger partial charge in [0.2, 0.25) is 0 Å². The van der Waals surface area contributed by atoms with Crippen LogP contribution < -0.4 is 16.0 Å². The topological polar surface area (TPSA) is 83.1 Å². The molecule has 0 aliphatic carbocycles. The number of aromatic nitrogens is 1. The molecule has 0 fully saturated rings. The lowest BCUT2D eigenvalue weighted by Gasteiger charge is -2.11. The molecule has 2 aromatic rings. The van der Waals surface area contributed by atoms with E-state index in [0.29, 0.717) is 18.7 Å². The lowest BCUT2D eigenvalue weighted by atomic mass is 10.2. The number of hydrogen-bond donors (Lipinski definition) is 3. The van der Waals surface area contributed by atoms with E-state index >= 15 is 0 Å². The Balaban J connectivity index is 2.17. The van der Waals surface area contributed by atoms with Gasteiger partial charge in [-0.15, -0.1) is 0 Å². The molecule has 1 aromatic carbocycles. The van der Waals surface area contributed by atoms with E-state index in [2.05, 4.69) is 20.9 Å². The Morgan fingerprint density at radius 2 is 1.88 bits per heavy atom. The highest BCUT2D eigenvalue weighted by Crippen LogP contribution is 2.06. The van der Waals surface area contributed by atoms with Crippen molar-refractivity contribution in [3.63, 3.8) is 0 Å². The maximum atomic E-state index is 12.3. The zero-order valence-electron chi connectivity index (χ0n) is 13.5. The van der Waals surface area contributed by atoms with Gasteiger partial charge in [-0.1, -0.05) is 24.3 Å². The Hall–Kier alpha value is -2.99. The number of carbonyl (C=O) groups excluding carboxylic acids is 2. The van der Waals surface area contributed by atoms with Gasteiger partial charge in [-0.2, -0.15) is 0 Å². The minimum atomic E-state index is -0.349. The maximum Gasteiger partial charge on any atom is 0.267 e. The first-order chi connectivity index (χ1) is 11.7. The van der Waals surface area contributed by atoms with Gasteiger partial charge < -0.3 is 16.0 Å². The standard InChI is InChI=1S/C18H20N4O2/c1-19-10-11-21-18(24)16(12-14-6-5-9-20-13-14)22-17(23)15-7-3-2-4-8-15/h2-9,12-13,19H,10-11H2,1H3,(H,21,24)(H,22,23). The summed E-state index contributed by atoms with van der Waals surface area (Å²) in [6.07, 6.45) is 4.87. The van der Waals surface area contributed by atoms with E-state index < -0.39 is 0 Å². The molecule has 124 valence electrons. The number of nitrogens with one attached hydrogen (secondary N) is 3. The van der Waals surface area contributed by atoms with Crippen LogP contribution in [0.15, 0.2) is 60.6 Å². The monoisotopic (exact) mass is 324 g/mol. The zero-order valence-corrected chi connectivity index (χ0v) is 13.5. The summed E-state index contributed by atoms with van der Waals surface area (Å²) < 4.78 is 0. The van der Waals surface area contributed by atoms with Gasteiger partial charge in [0, 0.05) is 31.0 Å². The van der Waals surface area contributed by atoms with Gasteiger partial charge in [-0.25, -0.2) is 0 Å². The van der Waals surface area contributed by atoms with E-state index in [0.717, 1.165) is 5.56 Å². The van der Waals surface area contributed by atoms with E-state index in [1.54, 1.807) is 55.8 Å². The summed E-state index contributed by atoms with van der Waals surface area (Å²) in [5.41, 5.74) is 1.38. The quantitative estimate of drug-likeness (QED) is 0.528. The highest BCUT2D eigenvalue weighted by molar-refractivity contribution is 6.05. The third-order valence-corrected chi connectivity index (χ3v) is 3.18. The summed E-state index contributed by atoms with van der Waals surface area (Å²) in [7, 11) is 1.80. The molecular formula is C18H20N4O2. The van der Waals surface area contributed by atoms with Crippen molar-refractivity contribution in [3.05, 3.63) is 71.7 Å². The molecule has 2 rings (SSSR count). The van der Waals surface area contributed by atoms with Crippen LogP contribution in [-0.4, -0.2) is 36.9 Å². The number of carbonyl (C=O) groups is 2. The number of amides is 2. The molecule has 0 aliphatic heterocycles. The zero-order chi connectivity index (χ0) is 17.2. The Morgan fingerprint density at radius 3 is 2.54 bits per heavy atom. The Morgan fingerprint density at radius 1 is 1.08 bits per heavy atom. The van der Waals surface area contributed by atoms with Crippen LogP contribution in [0.25, 0.3) is 6.08 Å². The number of hydrogen-bond acceptors (Lipinski definition) is 4. The Bertz CT molecular complexity index is 699. The van der Waals surface area contributed by atoms with Crippen LogP contribution in [0.3, 0.4) is 0 Å². The molecule has 0 bridgehead atoms. The largest absolute Gasteiger partial charge is 0.349 e. The smallest absolute Gasteiger partial charge is 0.267 e. The lowest BCUT2D eigenvalue weighted by Crippen LogP contribution is -2.37. The summed E-state index contributed by atoms with van der Waals surface area (Å²) in [6.45, 7) is 1.10. The fourth-order valence-electron chi connectivity index (χ4n) is 1.97. The second-order valence-corrected chi connectivity index (χ2v) is 5.02. The minimum Gasteiger partial charge on any atom is -0.349 e. The third-order valence-electron chi connectivity index (χ3n) is 3.18. The van der Waals surface area contributed by atoms with Crippen molar-refractivity contribution < 1.29 is 9.59 Å². The number of benzene rings is 1. The van der Waals surface area contributed by atoms with Crippen LogP contribution in [0, 0.1) is 0 Å². The van der Waals surface area contributed by atoms with Gasteiger partial charge in [0.05, 0.1) is 0 Å². The minimum absolute atomic E-state index is 0.174. The average molecular weight is 324 g/mol. The van der Waals surface area contributed by atoms with Gasteiger partial charge in [-0.05, 0) is 36.9 Å². The van der Waals surface area contributed by atoms with Gasteiger partial charge in [0.15, 0.2) is 0 Å². The first-order valence-corrected chi connectivity index (χ1v) is 7.61. The number of nitrogens with zero attached hydrogens (tertiary/aromatic N) is 1. The molecule has 0 aliphatic rings. The number of likely N-dealkylation sites (N-methyl/N-ethyl adjacent to an activating group) is 1. The predicted octanol–water partition coefficient (Wildman–Crippen LogP) is 1.19. The highest BCUT2D eigenvalue weighted by atomic mass is 16.2. The number of pyridine rings is 1. The predicted molar refractivity (Wildman–Crippen MR) is 93.1 cm³/mol. The van der Waals surface area contributed by atoms with Crippen molar-refractivity contribution in [1.82, 2.24) is 20.9 Å². The van der Waals surface area contributed by atoms with E-state index in [1.165, 1.54) is 0 Å². The summed E-state index contributed by atoms with van der Waals surface area (Å²) in [5.74, 6) is -0.687. The van der Waals surface area contributed by atoms with E-state index in [1.807, 2.05) is 12.1 Å². The summed E-state index contributed by atoms with van der Waals surface area (Å²) in [4.78, 5) is 28.7. The molecule has 0 atom stereocenters. The fourth-order valence-corrected chi connectivity index (χ4v) is 1.97. The molecule has 2 amide bonds. The Kier molecular flexibility index (Phi) is 6.67. The van der Waals surface area contributed by atoms with Gasteiger partial charge in [-0.3, -0.25) is 14.6 Å². The molecule has 1 aromatic heterocycles. The van der Waals surface area contributed by atoms with Crippen molar-refractivity contribution in [2.24, 2.45) is 0 Å². The maximum absolute atomic E-state index is 12.3. The van der Waals surface area contributed by atoms with Crippen molar-refractivity contribution in [1.29, 1.82) is 0 Å². The molecule has 24 heavy (non-hydrogen) atoms. The van der Waals surface area contributed by atoms with Crippen LogP contribution in [0.5, 0.6) is 0 Å². The third kappa shape index (κ3) is 5.33. The first kappa shape index (κ1) is 17.4. The lowest BCUT2D eigenvalue weighted by molar-refractivity contribution is -0.117. The normalized spacial score (nSPS) is 11.0. The van der Waals surface area contributed by atoms with E-state index in [-0.39, 0.29) is 17.5 Å². The van der Waals surface area contributed by atoms with Gasteiger partial charge >= 0.3 is 0 Å². The fraction of sp³-hybridized carbons (Fsp3) is 0.167. The molecular weight excluding hydrogens is 304 g/mol. The second-order valence-electron chi connectivity index (χ2n) is 5.02. The molecule has 1 heterocycles. The molecule has 0 unspecified atom stereocenters. The second kappa shape index (κ2) is 9.22. The highest BCUT2D eigenvalue weighted by Gasteiger charge is 2.14. The van der Waals surface area contributed by atoms with Crippen LogP contribution in [0.4, 0.5) is 0 Å². The molecule has 3 N–H and O–H groups in total. The van der Waals surface area contributed by atoms with Crippen LogP contribution >= 0.6 is 0 Å². The Labute approximate surface area is 141 Å². The SMILES string of the molecule is CNCCNC(=O)C(=Cc1cccnc1)NC(=O)c1ccccc1. The van der Waals surface area contributed by atoms with Crippen molar-refractivity contribution in [2.75, 3.05) is 20.1 Å². The van der Waals surface area contributed by atoms with Crippen LogP contribution in [0.1, 0.15) is 15.9 Å². The van der Waals surface area contributed by atoms with Crippen LogP contribution in [-0.2, 0) is 4.79 Å². The molecule has 0 saturated carbocycles. The van der Waals surface area contributed by atoms with Gasteiger partial charge in [0.1, 0.15) is 5.70 Å². The average Bonchev–Trinajstić information content (AvgIpc) is 2.63. The molecule has 0 spiro atoms. The summed E-state index contributed by atoms with van der Waals surface area (Å²) in [6, 6.07) is 12.3. The van der Waals surface area contributed by atoms with Crippen molar-refractivity contribution >= 4 is 17.9 Å².